The zero-order chi connectivity index (χ0) is 14.3. The van der Waals surface area contributed by atoms with Crippen LogP contribution >= 0.6 is 11.8 Å². The van der Waals surface area contributed by atoms with Crippen molar-refractivity contribution in [2.24, 2.45) is 0 Å². The van der Waals surface area contributed by atoms with E-state index >= 15 is 0 Å². The number of amides is 2. The summed E-state index contributed by atoms with van der Waals surface area (Å²) in [7, 11) is 0. The number of carboxylic acids is 1. The lowest BCUT2D eigenvalue weighted by molar-refractivity contribution is 0.0692. The Morgan fingerprint density at radius 2 is 2.32 bits per heavy atom. The first-order chi connectivity index (χ1) is 9.04. The Hall–Kier alpha value is -2.07. The lowest BCUT2D eigenvalue weighted by Gasteiger charge is -2.06. The summed E-state index contributed by atoms with van der Waals surface area (Å²) in [6.07, 6.45) is 5.09. The number of aryl methyl sites for hydroxylation is 1. The SMILES string of the molecule is C#CCSCCNC(=O)Nc1cc(C)[nH]c1C(=O)O. The molecule has 0 spiro atoms. The number of aromatic nitrogens is 1. The highest BCUT2D eigenvalue weighted by molar-refractivity contribution is 7.99. The smallest absolute Gasteiger partial charge is 0.354 e. The maximum absolute atomic E-state index is 11.6. The highest BCUT2D eigenvalue weighted by Gasteiger charge is 2.14. The zero-order valence-electron chi connectivity index (χ0n) is 10.4. The van der Waals surface area contributed by atoms with Crippen molar-refractivity contribution < 1.29 is 14.7 Å². The van der Waals surface area contributed by atoms with Crippen molar-refractivity contribution in [3.05, 3.63) is 17.5 Å². The van der Waals surface area contributed by atoms with Gasteiger partial charge in [-0.25, -0.2) is 9.59 Å². The topological polar surface area (TPSA) is 94.2 Å². The van der Waals surface area contributed by atoms with E-state index in [4.69, 9.17) is 11.5 Å². The van der Waals surface area contributed by atoms with Crippen LogP contribution in [-0.4, -0.2) is 40.1 Å². The average Bonchev–Trinajstić information content (AvgIpc) is 2.70. The molecule has 0 radical (unpaired) electrons. The maximum atomic E-state index is 11.6. The molecule has 2 amide bonds. The molecule has 0 saturated carbocycles. The van der Waals surface area contributed by atoms with E-state index in [1.54, 1.807) is 13.0 Å². The molecule has 0 aliphatic heterocycles. The number of carbonyl (C=O) groups is 2. The predicted molar refractivity (Wildman–Crippen MR) is 75.7 cm³/mol. The maximum Gasteiger partial charge on any atom is 0.354 e. The van der Waals surface area contributed by atoms with Gasteiger partial charge in [-0.1, -0.05) is 5.92 Å². The first kappa shape index (κ1) is 15.0. The largest absolute Gasteiger partial charge is 0.477 e. The Kier molecular flexibility index (Phi) is 5.82. The molecule has 19 heavy (non-hydrogen) atoms. The third-order valence-corrected chi connectivity index (χ3v) is 3.00. The molecule has 0 atom stereocenters. The van der Waals surface area contributed by atoms with Crippen LogP contribution in [0.4, 0.5) is 10.5 Å². The van der Waals surface area contributed by atoms with Crippen LogP contribution in [0.15, 0.2) is 6.07 Å². The van der Waals surface area contributed by atoms with Gasteiger partial charge in [0.05, 0.1) is 11.4 Å². The highest BCUT2D eigenvalue weighted by Crippen LogP contribution is 2.16. The van der Waals surface area contributed by atoms with Gasteiger partial charge in [0, 0.05) is 18.0 Å². The van der Waals surface area contributed by atoms with E-state index in [1.165, 1.54) is 11.8 Å². The molecule has 1 heterocycles. The molecule has 0 bridgehead atoms. The van der Waals surface area contributed by atoms with Crippen LogP contribution in [-0.2, 0) is 0 Å². The molecule has 0 aliphatic carbocycles. The van der Waals surface area contributed by atoms with Crippen LogP contribution in [0, 0.1) is 19.3 Å². The van der Waals surface area contributed by atoms with E-state index < -0.39 is 12.0 Å². The summed E-state index contributed by atoms with van der Waals surface area (Å²) in [4.78, 5) is 25.1. The number of hydrogen-bond donors (Lipinski definition) is 4. The van der Waals surface area contributed by atoms with Gasteiger partial charge in [0.2, 0.25) is 0 Å². The molecule has 7 heteroatoms. The van der Waals surface area contributed by atoms with E-state index in [0.717, 1.165) is 0 Å². The number of rotatable bonds is 6. The van der Waals surface area contributed by atoms with E-state index in [0.29, 0.717) is 23.7 Å². The molecular weight excluding hydrogens is 266 g/mol. The normalized spacial score (nSPS) is 9.68. The van der Waals surface area contributed by atoms with Crippen molar-refractivity contribution in [1.29, 1.82) is 0 Å². The minimum absolute atomic E-state index is 0.0330. The van der Waals surface area contributed by atoms with Crippen molar-refractivity contribution >= 4 is 29.4 Å². The number of aromatic amines is 1. The summed E-state index contributed by atoms with van der Waals surface area (Å²) in [5, 5.41) is 14.1. The van der Waals surface area contributed by atoms with Crippen LogP contribution < -0.4 is 10.6 Å². The second kappa shape index (κ2) is 7.38. The Morgan fingerprint density at radius 3 is 2.95 bits per heavy atom. The monoisotopic (exact) mass is 281 g/mol. The third-order valence-electron chi connectivity index (χ3n) is 2.13. The van der Waals surface area contributed by atoms with E-state index in [1.807, 2.05) is 0 Å². The minimum Gasteiger partial charge on any atom is -0.477 e. The van der Waals surface area contributed by atoms with Crippen molar-refractivity contribution in [2.45, 2.75) is 6.92 Å². The van der Waals surface area contributed by atoms with Gasteiger partial charge in [-0.15, -0.1) is 18.2 Å². The molecule has 0 saturated heterocycles. The number of H-pyrrole nitrogens is 1. The molecular formula is C12H15N3O3S. The Labute approximate surface area is 115 Å². The molecule has 4 N–H and O–H groups in total. The molecule has 1 aromatic rings. The van der Waals surface area contributed by atoms with E-state index in [9.17, 15) is 9.59 Å². The fraction of sp³-hybridized carbons (Fsp3) is 0.333. The Bertz CT molecular complexity index is 505. The first-order valence-electron chi connectivity index (χ1n) is 5.53. The van der Waals surface area contributed by atoms with Crippen molar-refractivity contribution in [3.63, 3.8) is 0 Å². The zero-order valence-corrected chi connectivity index (χ0v) is 11.3. The molecule has 0 aliphatic rings. The third kappa shape index (κ3) is 4.97. The fourth-order valence-corrected chi connectivity index (χ4v) is 1.90. The Balaban J connectivity index is 2.44. The summed E-state index contributed by atoms with van der Waals surface area (Å²) in [6.45, 7) is 2.18. The quantitative estimate of drug-likeness (QED) is 0.469. The van der Waals surface area contributed by atoms with Gasteiger partial charge in [0.15, 0.2) is 0 Å². The first-order valence-corrected chi connectivity index (χ1v) is 6.69. The van der Waals surface area contributed by atoms with Gasteiger partial charge in [-0.3, -0.25) is 0 Å². The number of carboxylic acid groups (broad SMARTS) is 1. The molecule has 0 unspecified atom stereocenters. The van der Waals surface area contributed by atoms with Crippen LogP contribution in [0.25, 0.3) is 0 Å². The van der Waals surface area contributed by atoms with E-state index in [2.05, 4.69) is 21.5 Å². The van der Waals surface area contributed by atoms with Gasteiger partial charge in [0.25, 0.3) is 0 Å². The van der Waals surface area contributed by atoms with Gasteiger partial charge in [0.1, 0.15) is 5.69 Å². The molecule has 102 valence electrons. The van der Waals surface area contributed by atoms with Crippen LogP contribution in [0.3, 0.4) is 0 Å². The summed E-state index contributed by atoms with van der Waals surface area (Å²) in [5.41, 5.74) is 0.880. The van der Waals surface area contributed by atoms with Crippen LogP contribution in [0.5, 0.6) is 0 Å². The second-order valence-electron chi connectivity index (χ2n) is 3.68. The van der Waals surface area contributed by atoms with Gasteiger partial charge < -0.3 is 20.7 Å². The van der Waals surface area contributed by atoms with Crippen molar-refractivity contribution in [3.8, 4) is 12.3 Å². The fourth-order valence-electron chi connectivity index (χ4n) is 1.39. The number of carbonyl (C=O) groups excluding carboxylic acids is 1. The van der Waals surface area contributed by atoms with E-state index in [-0.39, 0.29) is 11.4 Å². The average molecular weight is 281 g/mol. The lowest BCUT2D eigenvalue weighted by atomic mass is 10.3. The number of anilines is 1. The number of thioether (sulfide) groups is 1. The summed E-state index contributed by atoms with van der Waals surface area (Å²) < 4.78 is 0. The number of terminal acetylenes is 1. The van der Waals surface area contributed by atoms with Crippen molar-refractivity contribution in [1.82, 2.24) is 10.3 Å². The van der Waals surface area contributed by atoms with Crippen LogP contribution in [0.1, 0.15) is 16.2 Å². The number of urea groups is 1. The van der Waals surface area contributed by atoms with Crippen LogP contribution in [0.2, 0.25) is 0 Å². The second-order valence-corrected chi connectivity index (χ2v) is 4.79. The summed E-state index contributed by atoms with van der Waals surface area (Å²) >= 11 is 1.53. The van der Waals surface area contributed by atoms with Gasteiger partial charge in [-0.2, -0.15) is 0 Å². The minimum atomic E-state index is -1.12. The Morgan fingerprint density at radius 1 is 1.58 bits per heavy atom. The number of hydrogen-bond acceptors (Lipinski definition) is 3. The van der Waals surface area contributed by atoms with Gasteiger partial charge in [-0.05, 0) is 13.0 Å². The lowest BCUT2D eigenvalue weighted by Crippen LogP contribution is -2.31. The highest BCUT2D eigenvalue weighted by atomic mass is 32.2. The standard InChI is InChI=1S/C12H15N3O3S/c1-3-5-19-6-4-13-12(18)15-9-7-8(2)14-10(9)11(16)17/h1,7,14H,4-6H2,2H3,(H,16,17)(H2,13,15,18). The molecule has 1 rings (SSSR count). The molecule has 6 nitrogen and oxygen atoms in total. The predicted octanol–water partition coefficient (Wildman–Crippen LogP) is 1.51. The molecule has 0 aromatic carbocycles. The van der Waals surface area contributed by atoms with Gasteiger partial charge >= 0.3 is 12.0 Å². The number of aromatic carboxylic acids is 1. The molecule has 0 fully saturated rings. The van der Waals surface area contributed by atoms with Crippen molar-refractivity contribution in [2.75, 3.05) is 23.4 Å². The number of nitrogens with one attached hydrogen (secondary N) is 3. The summed E-state index contributed by atoms with van der Waals surface area (Å²) in [6, 6.07) is 1.12. The molecule has 1 aromatic heterocycles. The summed E-state index contributed by atoms with van der Waals surface area (Å²) in [5.74, 6) is 2.67.